The van der Waals surface area contributed by atoms with Crippen LogP contribution in [0.5, 0.6) is 0 Å². The topological polar surface area (TPSA) is 24.5 Å². The number of alkyl halides is 3. The SMILES string of the molecule is COCC(C)NCCCN(C)CC(F)(F)F. The molecule has 98 valence electrons. The molecular weight excluding hydrogens is 221 g/mol. The van der Waals surface area contributed by atoms with E-state index in [0.29, 0.717) is 26.1 Å². The summed E-state index contributed by atoms with van der Waals surface area (Å²) in [6.07, 6.45) is -3.41. The lowest BCUT2D eigenvalue weighted by atomic mass is 10.3. The lowest BCUT2D eigenvalue weighted by molar-refractivity contribution is -0.143. The number of rotatable bonds is 8. The smallest absolute Gasteiger partial charge is 0.383 e. The van der Waals surface area contributed by atoms with Crippen molar-refractivity contribution in [2.75, 3.05) is 40.4 Å². The van der Waals surface area contributed by atoms with Gasteiger partial charge >= 0.3 is 6.18 Å². The second-order valence-electron chi connectivity index (χ2n) is 4.02. The van der Waals surface area contributed by atoms with E-state index in [0.717, 1.165) is 0 Å². The third kappa shape index (κ3) is 10.2. The van der Waals surface area contributed by atoms with E-state index in [9.17, 15) is 13.2 Å². The van der Waals surface area contributed by atoms with E-state index in [-0.39, 0.29) is 6.04 Å². The Morgan fingerprint density at radius 3 is 2.50 bits per heavy atom. The predicted octanol–water partition coefficient (Wildman–Crippen LogP) is 1.50. The summed E-state index contributed by atoms with van der Waals surface area (Å²) in [5.41, 5.74) is 0. The van der Waals surface area contributed by atoms with Crippen molar-refractivity contribution in [3.8, 4) is 0 Å². The summed E-state index contributed by atoms with van der Waals surface area (Å²) in [4.78, 5) is 1.28. The average Bonchev–Trinajstić information content (AvgIpc) is 2.10. The molecule has 0 spiro atoms. The van der Waals surface area contributed by atoms with Gasteiger partial charge in [-0.2, -0.15) is 13.2 Å². The number of nitrogens with zero attached hydrogens (tertiary/aromatic N) is 1. The summed E-state index contributed by atoms with van der Waals surface area (Å²) in [5.74, 6) is 0. The fourth-order valence-electron chi connectivity index (χ4n) is 1.39. The van der Waals surface area contributed by atoms with Gasteiger partial charge in [0.15, 0.2) is 0 Å². The highest BCUT2D eigenvalue weighted by Crippen LogP contribution is 2.15. The first-order valence-electron chi connectivity index (χ1n) is 5.32. The van der Waals surface area contributed by atoms with Crippen molar-refractivity contribution in [3.05, 3.63) is 0 Å². The molecule has 1 unspecified atom stereocenters. The Kier molecular flexibility index (Phi) is 7.70. The van der Waals surface area contributed by atoms with Gasteiger partial charge in [0.05, 0.1) is 13.2 Å². The lowest BCUT2D eigenvalue weighted by Gasteiger charge is -2.19. The minimum absolute atomic E-state index is 0.234. The minimum Gasteiger partial charge on any atom is -0.383 e. The van der Waals surface area contributed by atoms with Gasteiger partial charge in [-0.05, 0) is 33.5 Å². The van der Waals surface area contributed by atoms with Gasteiger partial charge in [-0.15, -0.1) is 0 Å². The maximum atomic E-state index is 12.0. The summed E-state index contributed by atoms with van der Waals surface area (Å²) in [6, 6.07) is 0.234. The molecule has 0 fully saturated rings. The van der Waals surface area contributed by atoms with E-state index >= 15 is 0 Å². The highest BCUT2D eigenvalue weighted by Gasteiger charge is 2.28. The molecule has 0 saturated heterocycles. The molecule has 16 heavy (non-hydrogen) atoms. The van der Waals surface area contributed by atoms with Crippen molar-refractivity contribution in [1.29, 1.82) is 0 Å². The van der Waals surface area contributed by atoms with Gasteiger partial charge in [-0.25, -0.2) is 0 Å². The molecule has 0 heterocycles. The zero-order valence-corrected chi connectivity index (χ0v) is 10.1. The van der Waals surface area contributed by atoms with Crippen LogP contribution >= 0.6 is 0 Å². The Bertz CT molecular complexity index is 176. The molecule has 0 aliphatic heterocycles. The Balaban J connectivity index is 3.44. The summed E-state index contributed by atoms with van der Waals surface area (Å²) >= 11 is 0. The molecule has 0 bridgehead atoms. The molecule has 3 nitrogen and oxygen atoms in total. The second kappa shape index (κ2) is 7.86. The first-order valence-corrected chi connectivity index (χ1v) is 5.32. The highest BCUT2D eigenvalue weighted by molar-refractivity contribution is 4.62. The molecule has 0 radical (unpaired) electrons. The summed E-state index contributed by atoms with van der Waals surface area (Å²) < 4.78 is 40.8. The molecule has 0 aliphatic rings. The molecular formula is C10H21F3N2O. The van der Waals surface area contributed by atoms with Crippen LogP contribution < -0.4 is 5.32 Å². The third-order valence-electron chi connectivity index (χ3n) is 2.08. The molecule has 0 aromatic rings. The molecule has 1 N–H and O–H groups in total. The minimum atomic E-state index is -4.11. The maximum Gasteiger partial charge on any atom is 0.401 e. The molecule has 0 saturated carbocycles. The number of hydrogen-bond donors (Lipinski definition) is 1. The van der Waals surface area contributed by atoms with Crippen LogP contribution in [0.3, 0.4) is 0 Å². The molecule has 0 aliphatic carbocycles. The first kappa shape index (κ1) is 15.7. The maximum absolute atomic E-state index is 12.0. The number of methoxy groups -OCH3 is 1. The lowest BCUT2D eigenvalue weighted by Crippen LogP contribution is -2.35. The van der Waals surface area contributed by atoms with Crippen LogP contribution in [0, 0.1) is 0 Å². The van der Waals surface area contributed by atoms with Gasteiger partial charge in [0.1, 0.15) is 0 Å². The van der Waals surface area contributed by atoms with Crippen LogP contribution in [-0.4, -0.2) is 57.5 Å². The average molecular weight is 242 g/mol. The molecule has 0 aromatic carbocycles. The van der Waals surface area contributed by atoms with Gasteiger partial charge in [-0.3, -0.25) is 4.90 Å². The van der Waals surface area contributed by atoms with E-state index in [4.69, 9.17) is 4.74 Å². The van der Waals surface area contributed by atoms with E-state index < -0.39 is 12.7 Å². The highest BCUT2D eigenvalue weighted by atomic mass is 19.4. The zero-order chi connectivity index (χ0) is 12.6. The normalized spacial score (nSPS) is 14.4. The Morgan fingerprint density at radius 1 is 1.38 bits per heavy atom. The van der Waals surface area contributed by atoms with E-state index in [2.05, 4.69) is 5.32 Å². The Hall–Kier alpha value is -0.330. The predicted molar refractivity (Wildman–Crippen MR) is 57.5 cm³/mol. The van der Waals surface area contributed by atoms with Gasteiger partial charge < -0.3 is 10.1 Å². The van der Waals surface area contributed by atoms with Crippen LogP contribution in [0.15, 0.2) is 0 Å². The van der Waals surface area contributed by atoms with E-state index in [1.807, 2.05) is 6.92 Å². The molecule has 0 amide bonds. The summed E-state index contributed by atoms with van der Waals surface area (Å²) in [6.45, 7) is 2.88. The van der Waals surface area contributed by atoms with Crippen LogP contribution in [-0.2, 0) is 4.74 Å². The quantitative estimate of drug-likeness (QED) is 0.653. The largest absolute Gasteiger partial charge is 0.401 e. The van der Waals surface area contributed by atoms with Crippen molar-refractivity contribution in [2.24, 2.45) is 0 Å². The van der Waals surface area contributed by atoms with Crippen LogP contribution in [0.4, 0.5) is 13.2 Å². The monoisotopic (exact) mass is 242 g/mol. The Labute approximate surface area is 94.9 Å². The summed E-state index contributed by atoms with van der Waals surface area (Å²) in [5, 5.41) is 3.17. The Morgan fingerprint density at radius 2 is 2.00 bits per heavy atom. The first-order chi connectivity index (χ1) is 7.35. The number of nitrogens with one attached hydrogen (secondary N) is 1. The van der Waals surface area contributed by atoms with Crippen molar-refractivity contribution in [3.63, 3.8) is 0 Å². The van der Waals surface area contributed by atoms with Crippen molar-refractivity contribution in [2.45, 2.75) is 25.6 Å². The molecule has 1 atom stereocenters. The van der Waals surface area contributed by atoms with Crippen LogP contribution in [0.2, 0.25) is 0 Å². The zero-order valence-electron chi connectivity index (χ0n) is 10.1. The van der Waals surface area contributed by atoms with Gasteiger partial charge in [0.2, 0.25) is 0 Å². The van der Waals surface area contributed by atoms with E-state index in [1.54, 1.807) is 7.11 Å². The molecule has 0 rings (SSSR count). The standard InChI is InChI=1S/C10H21F3N2O/c1-9(7-16-3)14-5-4-6-15(2)8-10(11,12)13/h9,14H,4-8H2,1-3H3. The van der Waals surface area contributed by atoms with E-state index in [1.165, 1.54) is 11.9 Å². The van der Waals surface area contributed by atoms with Crippen molar-refractivity contribution in [1.82, 2.24) is 10.2 Å². The second-order valence-corrected chi connectivity index (χ2v) is 4.02. The fourth-order valence-corrected chi connectivity index (χ4v) is 1.39. The summed E-state index contributed by atoms with van der Waals surface area (Å²) in [7, 11) is 3.10. The van der Waals surface area contributed by atoms with Gasteiger partial charge in [0, 0.05) is 13.2 Å². The van der Waals surface area contributed by atoms with Crippen molar-refractivity contribution < 1.29 is 17.9 Å². The molecule has 0 aromatic heterocycles. The van der Waals surface area contributed by atoms with Gasteiger partial charge in [-0.1, -0.05) is 0 Å². The number of ether oxygens (including phenoxy) is 1. The molecule has 6 heteroatoms. The van der Waals surface area contributed by atoms with Crippen LogP contribution in [0.25, 0.3) is 0 Å². The fraction of sp³-hybridized carbons (Fsp3) is 1.00. The van der Waals surface area contributed by atoms with Crippen molar-refractivity contribution >= 4 is 0 Å². The third-order valence-corrected chi connectivity index (χ3v) is 2.08. The van der Waals surface area contributed by atoms with Gasteiger partial charge in [0.25, 0.3) is 0 Å². The number of hydrogen-bond acceptors (Lipinski definition) is 3. The van der Waals surface area contributed by atoms with Crippen LogP contribution in [0.1, 0.15) is 13.3 Å². The number of halogens is 3.